The molecule has 0 aliphatic heterocycles. The molecule has 0 radical (unpaired) electrons. The number of ether oxygens (including phenoxy) is 2. The first-order chi connectivity index (χ1) is 18.6. The predicted molar refractivity (Wildman–Crippen MR) is 155 cm³/mol. The van der Waals surface area contributed by atoms with Crippen molar-refractivity contribution in [2.75, 3.05) is 13.2 Å². The molecular weight excluding hydrogens is 475 g/mol. The van der Waals surface area contributed by atoms with Gasteiger partial charge in [-0.05, 0) is 79.7 Å². The molecule has 0 saturated heterocycles. The Morgan fingerprint density at radius 1 is 0.895 bits per heavy atom. The van der Waals surface area contributed by atoms with Gasteiger partial charge in [-0.1, -0.05) is 89.1 Å². The van der Waals surface area contributed by atoms with Gasteiger partial charge in [-0.15, -0.1) is 0 Å². The van der Waals surface area contributed by atoms with Gasteiger partial charge in [0.25, 0.3) is 0 Å². The summed E-state index contributed by atoms with van der Waals surface area (Å²) in [5.74, 6) is 2.03. The van der Waals surface area contributed by atoms with Gasteiger partial charge in [0.2, 0.25) is 0 Å². The maximum Gasteiger partial charge on any atom is 0.330 e. The summed E-state index contributed by atoms with van der Waals surface area (Å²) in [6.07, 6.45) is 18.1. The van der Waals surface area contributed by atoms with Crippen LogP contribution in [0, 0.1) is 17.7 Å². The third kappa shape index (κ3) is 10.6. The van der Waals surface area contributed by atoms with Crippen LogP contribution in [0.4, 0.5) is 4.39 Å². The van der Waals surface area contributed by atoms with Gasteiger partial charge in [0.1, 0.15) is 11.6 Å². The van der Waals surface area contributed by atoms with Gasteiger partial charge < -0.3 is 9.47 Å². The van der Waals surface area contributed by atoms with Crippen molar-refractivity contribution >= 4 is 5.97 Å². The van der Waals surface area contributed by atoms with Crippen LogP contribution in [0.25, 0.3) is 11.1 Å². The summed E-state index contributed by atoms with van der Waals surface area (Å²) in [5.41, 5.74) is 2.62. The van der Waals surface area contributed by atoms with E-state index < -0.39 is 0 Å². The molecule has 38 heavy (non-hydrogen) atoms. The Bertz CT molecular complexity index is 960. The first kappa shape index (κ1) is 29.9. The van der Waals surface area contributed by atoms with Gasteiger partial charge in [-0.2, -0.15) is 0 Å². The third-order valence-electron chi connectivity index (χ3n) is 7.94. The summed E-state index contributed by atoms with van der Waals surface area (Å²) in [6.45, 7) is 6.73. The monoisotopic (exact) mass is 522 g/mol. The summed E-state index contributed by atoms with van der Waals surface area (Å²) in [7, 11) is 0. The van der Waals surface area contributed by atoms with E-state index >= 15 is 0 Å². The number of aryl methyl sites for hydroxylation is 1. The van der Waals surface area contributed by atoms with Crippen LogP contribution in [0.3, 0.4) is 0 Å². The molecule has 0 heterocycles. The number of hydrogen-bond donors (Lipinski definition) is 0. The van der Waals surface area contributed by atoms with E-state index in [0.29, 0.717) is 18.8 Å². The van der Waals surface area contributed by atoms with E-state index in [9.17, 15) is 9.18 Å². The minimum atomic E-state index is -0.367. The van der Waals surface area contributed by atoms with Crippen LogP contribution in [-0.2, 0) is 16.0 Å². The molecular formula is C34H47FO3. The Labute approximate surface area is 229 Å². The van der Waals surface area contributed by atoms with Gasteiger partial charge in [0.15, 0.2) is 0 Å². The topological polar surface area (TPSA) is 35.5 Å². The smallest absolute Gasteiger partial charge is 0.330 e. The zero-order chi connectivity index (χ0) is 27.0. The van der Waals surface area contributed by atoms with Crippen LogP contribution in [0.15, 0.2) is 55.1 Å². The molecule has 3 nitrogen and oxygen atoms in total. The zero-order valence-corrected chi connectivity index (χ0v) is 23.4. The van der Waals surface area contributed by atoms with E-state index in [-0.39, 0.29) is 11.8 Å². The number of hydrogen-bond acceptors (Lipinski definition) is 3. The van der Waals surface area contributed by atoms with E-state index in [0.717, 1.165) is 60.8 Å². The lowest BCUT2D eigenvalue weighted by atomic mass is 9.78. The first-order valence-corrected chi connectivity index (χ1v) is 14.9. The Morgan fingerprint density at radius 3 is 2.24 bits per heavy atom. The average molecular weight is 523 g/mol. The fourth-order valence-corrected chi connectivity index (χ4v) is 5.52. The predicted octanol–water partition coefficient (Wildman–Crippen LogP) is 9.48. The normalized spacial score (nSPS) is 17.2. The number of esters is 1. The summed E-state index contributed by atoms with van der Waals surface area (Å²) < 4.78 is 25.8. The largest absolute Gasteiger partial charge is 0.494 e. The number of rotatable bonds is 17. The van der Waals surface area contributed by atoms with Crippen LogP contribution in [0.1, 0.15) is 96.0 Å². The van der Waals surface area contributed by atoms with Crippen molar-refractivity contribution in [3.05, 3.63) is 66.5 Å². The van der Waals surface area contributed by atoms with Crippen molar-refractivity contribution in [1.29, 1.82) is 0 Å². The van der Waals surface area contributed by atoms with Gasteiger partial charge >= 0.3 is 5.97 Å². The highest BCUT2D eigenvalue weighted by molar-refractivity contribution is 5.81. The molecule has 4 heteroatoms. The molecule has 0 atom stereocenters. The lowest BCUT2D eigenvalue weighted by Crippen LogP contribution is -2.15. The second-order valence-electron chi connectivity index (χ2n) is 10.9. The van der Waals surface area contributed by atoms with Crippen LogP contribution in [0.5, 0.6) is 5.75 Å². The van der Waals surface area contributed by atoms with Crippen LogP contribution < -0.4 is 4.74 Å². The highest BCUT2D eigenvalue weighted by Gasteiger charge is 2.20. The van der Waals surface area contributed by atoms with Gasteiger partial charge in [-0.3, -0.25) is 0 Å². The van der Waals surface area contributed by atoms with Crippen molar-refractivity contribution < 1.29 is 18.7 Å². The molecule has 0 amide bonds. The molecule has 0 unspecified atom stereocenters. The number of benzene rings is 2. The molecule has 2 aromatic rings. The fourth-order valence-electron chi connectivity index (χ4n) is 5.52. The Morgan fingerprint density at radius 2 is 1.58 bits per heavy atom. The molecule has 1 fully saturated rings. The lowest BCUT2D eigenvalue weighted by molar-refractivity contribution is -0.137. The fraction of sp³-hybridized carbons (Fsp3) is 0.559. The number of carbonyl (C=O) groups excluding carboxylic acids is 1. The van der Waals surface area contributed by atoms with E-state index in [1.165, 1.54) is 63.9 Å². The molecule has 1 saturated carbocycles. The van der Waals surface area contributed by atoms with E-state index in [1.54, 1.807) is 6.07 Å². The van der Waals surface area contributed by atoms with Crippen LogP contribution >= 0.6 is 0 Å². The van der Waals surface area contributed by atoms with Gasteiger partial charge in [0, 0.05) is 11.6 Å². The van der Waals surface area contributed by atoms with Crippen molar-refractivity contribution in [2.45, 2.75) is 96.8 Å². The van der Waals surface area contributed by atoms with Gasteiger partial charge in [0.05, 0.1) is 13.2 Å². The minimum Gasteiger partial charge on any atom is -0.494 e. The minimum absolute atomic E-state index is 0.144. The standard InChI is InChI=1S/C34H47FO3/c1-3-5-8-11-27-12-14-28(15-13-27)16-17-29-18-23-32(33(35)26-29)30-19-21-31(22-20-30)37-24-9-6-7-10-25-38-34(36)4-2/h4,18-23,26-28H,2-3,5-17,24-25H2,1H3. The average Bonchev–Trinajstić information content (AvgIpc) is 2.94. The molecule has 0 bridgehead atoms. The highest BCUT2D eigenvalue weighted by Crippen LogP contribution is 2.34. The molecule has 1 aliphatic rings. The van der Waals surface area contributed by atoms with Crippen LogP contribution in [-0.4, -0.2) is 19.2 Å². The van der Waals surface area contributed by atoms with Crippen molar-refractivity contribution in [3.8, 4) is 16.9 Å². The maximum absolute atomic E-state index is 15.0. The number of carbonyl (C=O) groups is 1. The second-order valence-corrected chi connectivity index (χ2v) is 10.9. The summed E-state index contributed by atoms with van der Waals surface area (Å²) in [6, 6.07) is 13.4. The van der Waals surface area contributed by atoms with E-state index in [2.05, 4.69) is 19.6 Å². The quantitative estimate of drug-likeness (QED) is 0.118. The Balaban J connectivity index is 1.35. The molecule has 0 N–H and O–H groups in total. The molecule has 1 aliphatic carbocycles. The van der Waals surface area contributed by atoms with E-state index in [1.807, 2.05) is 30.3 Å². The summed E-state index contributed by atoms with van der Waals surface area (Å²) in [4.78, 5) is 11.0. The Hall–Kier alpha value is -2.62. The molecule has 208 valence electrons. The summed E-state index contributed by atoms with van der Waals surface area (Å²) >= 11 is 0. The molecule has 0 aromatic heterocycles. The van der Waals surface area contributed by atoms with E-state index in [4.69, 9.17) is 9.47 Å². The maximum atomic E-state index is 15.0. The first-order valence-electron chi connectivity index (χ1n) is 14.9. The highest BCUT2D eigenvalue weighted by atomic mass is 19.1. The lowest BCUT2D eigenvalue weighted by Gasteiger charge is -2.28. The van der Waals surface area contributed by atoms with Crippen molar-refractivity contribution in [2.24, 2.45) is 11.8 Å². The zero-order valence-electron chi connectivity index (χ0n) is 23.4. The van der Waals surface area contributed by atoms with Crippen LogP contribution in [0.2, 0.25) is 0 Å². The molecule has 2 aromatic carbocycles. The number of halogens is 1. The molecule has 0 spiro atoms. The second kappa shape index (κ2) is 17.1. The summed E-state index contributed by atoms with van der Waals surface area (Å²) in [5, 5.41) is 0. The van der Waals surface area contributed by atoms with Crippen molar-refractivity contribution in [3.63, 3.8) is 0 Å². The third-order valence-corrected chi connectivity index (χ3v) is 7.94. The number of unbranched alkanes of at least 4 members (excludes halogenated alkanes) is 5. The van der Waals surface area contributed by atoms with Gasteiger partial charge in [-0.25, -0.2) is 9.18 Å². The molecule has 3 rings (SSSR count). The SMILES string of the molecule is C=CC(=O)OCCCCCCOc1ccc(-c2ccc(CCC3CCC(CCCCC)CC3)cc2F)cc1. The Kier molecular flexibility index (Phi) is 13.4. The van der Waals surface area contributed by atoms with Crippen molar-refractivity contribution in [1.82, 2.24) is 0 Å².